The zero-order valence-corrected chi connectivity index (χ0v) is 24.7. The molecular weight excluding hydrogens is 484 g/mol. The fourth-order valence-electron chi connectivity index (χ4n) is 4.66. The van der Waals surface area contributed by atoms with Crippen LogP contribution in [0.2, 0.25) is 0 Å². The second-order valence-electron chi connectivity index (χ2n) is 10.7. The second-order valence-corrected chi connectivity index (χ2v) is 10.7. The average molecular weight is 541 g/mol. The van der Waals surface area contributed by atoms with E-state index in [1.165, 1.54) is 78.1 Å². The molecule has 0 spiro atoms. The third-order valence-corrected chi connectivity index (χ3v) is 7.18. The first-order chi connectivity index (χ1) is 18.2. The van der Waals surface area contributed by atoms with Crippen molar-refractivity contribution in [2.24, 2.45) is 0 Å². The van der Waals surface area contributed by atoms with Crippen molar-refractivity contribution in [2.75, 3.05) is 0 Å². The lowest BCUT2D eigenvalue weighted by molar-refractivity contribution is -0.185. The highest BCUT2D eigenvalue weighted by Gasteiger charge is 2.38. The van der Waals surface area contributed by atoms with Crippen molar-refractivity contribution in [3.05, 3.63) is 0 Å². The molecule has 0 aliphatic carbocycles. The number of nitrogens with zero attached hydrogens (tertiary/aromatic N) is 2. The van der Waals surface area contributed by atoms with Gasteiger partial charge in [0, 0.05) is 12.8 Å². The summed E-state index contributed by atoms with van der Waals surface area (Å²) in [6, 6.07) is -2.68. The molecule has 0 rings (SSSR count). The molecule has 0 aromatic rings. The first kappa shape index (κ1) is 35.9. The van der Waals surface area contributed by atoms with E-state index in [0.29, 0.717) is 12.8 Å². The largest absolute Gasteiger partial charge is 0.480 e. The van der Waals surface area contributed by atoms with E-state index in [2.05, 4.69) is 13.8 Å². The summed E-state index contributed by atoms with van der Waals surface area (Å²) in [5, 5.41) is 21.1. The molecule has 0 unspecified atom stereocenters. The normalized spacial score (nSPS) is 12.6. The Morgan fingerprint density at radius 3 is 0.947 bits per heavy atom. The Hall–Kier alpha value is -2.12. The Balaban J connectivity index is 4.98. The number of amides is 2. The zero-order chi connectivity index (χ0) is 28.8. The molecule has 38 heavy (non-hydrogen) atoms. The lowest BCUT2D eigenvalue weighted by atomic mass is 10.1. The van der Waals surface area contributed by atoms with Crippen LogP contribution in [0.15, 0.2) is 0 Å². The van der Waals surface area contributed by atoms with Crippen LogP contribution in [0.1, 0.15) is 156 Å². The maximum absolute atomic E-state index is 13.2. The van der Waals surface area contributed by atoms with Gasteiger partial charge in [0.2, 0.25) is 11.8 Å². The average Bonchev–Trinajstić information content (AvgIpc) is 2.88. The van der Waals surface area contributed by atoms with Crippen LogP contribution in [0.3, 0.4) is 0 Å². The van der Waals surface area contributed by atoms with E-state index in [1.807, 2.05) is 0 Å². The molecule has 0 saturated heterocycles. The van der Waals surface area contributed by atoms with Gasteiger partial charge >= 0.3 is 11.9 Å². The number of hydrogen-bond acceptors (Lipinski definition) is 4. The van der Waals surface area contributed by atoms with Crippen LogP contribution in [-0.2, 0) is 19.2 Å². The standard InChI is InChI=1S/C30H56N2O6/c1-5-7-9-11-13-15-17-19-21-23-27(33)31(25(3)29(35)36)32(26(4)30(37)38)28(34)24-22-20-18-16-14-12-10-8-6-2/h25-26H,5-24H2,1-4H3,(H,35,36)(H,37,38)/t25-,26-/m0/s1. The van der Waals surface area contributed by atoms with E-state index in [1.54, 1.807) is 0 Å². The lowest BCUT2D eigenvalue weighted by Crippen LogP contribution is -2.60. The topological polar surface area (TPSA) is 115 Å². The van der Waals surface area contributed by atoms with Crippen molar-refractivity contribution in [2.45, 2.75) is 168 Å². The van der Waals surface area contributed by atoms with Gasteiger partial charge in [0.1, 0.15) is 12.1 Å². The third kappa shape index (κ3) is 16.0. The number of carbonyl (C=O) groups excluding carboxylic acids is 2. The number of carbonyl (C=O) groups is 4. The Morgan fingerprint density at radius 1 is 0.474 bits per heavy atom. The Labute approximate surface area is 231 Å². The number of carboxylic acid groups (broad SMARTS) is 2. The fourth-order valence-corrected chi connectivity index (χ4v) is 4.66. The second kappa shape index (κ2) is 22.8. The summed E-state index contributed by atoms with van der Waals surface area (Å²) in [4.78, 5) is 50.0. The summed E-state index contributed by atoms with van der Waals surface area (Å²) in [6.45, 7) is 7.03. The van der Waals surface area contributed by atoms with E-state index in [-0.39, 0.29) is 12.8 Å². The molecule has 0 heterocycles. The number of aliphatic carboxylic acids is 2. The summed E-state index contributed by atoms with van der Waals surface area (Å²) in [7, 11) is 0. The van der Waals surface area contributed by atoms with Crippen molar-refractivity contribution in [1.29, 1.82) is 0 Å². The van der Waals surface area contributed by atoms with E-state index in [9.17, 15) is 29.4 Å². The summed E-state index contributed by atoms with van der Waals surface area (Å²) >= 11 is 0. The highest BCUT2D eigenvalue weighted by molar-refractivity contribution is 5.89. The van der Waals surface area contributed by atoms with Gasteiger partial charge in [-0.15, -0.1) is 0 Å². The number of hydrazine groups is 1. The SMILES string of the molecule is CCCCCCCCCCCC(=O)N([C@@H](C)C(=O)O)N(C(=O)CCCCCCCCCCC)[C@@H](C)C(=O)O. The van der Waals surface area contributed by atoms with Crippen molar-refractivity contribution in [1.82, 2.24) is 10.0 Å². The quantitative estimate of drug-likeness (QED) is 0.0977. The van der Waals surface area contributed by atoms with Crippen molar-refractivity contribution >= 4 is 23.8 Å². The first-order valence-electron chi connectivity index (χ1n) is 15.3. The summed E-state index contributed by atoms with van der Waals surface area (Å²) in [6.07, 6.45) is 19.5. The van der Waals surface area contributed by atoms with E-state index < -0.39 is 35.8 Å². The molecule has 0 fully saturated rings. The van der Waals surface area contributed by atoms with Crippen LogP contribution in [-0.4, -0.2) is 56.1 Å². The number of hydrogen-bond donors (Lipinski definition) is 2. The van der Waals surface area contributed by atoms with Gasteiger partial charge in [-0.2, -0.15) is 0 Å². The Bertz CT molecular complexity index is 613. The highest BCUT2D eigenvalue weighted by atomic mass is 16.4. The summed E-state index contributed by atoms with van der Waals surface area (Å²) in [5.74, 6) is -3.58. The van der Waals surface area contributed by atoms with Crippen LogP contribution in [0.25, 0.3) is 0 Å². The molecule has 0 aromatic heterocycles. The molecule has 0 saturated carbocycles. The molecule has 0 aliphatic heterocycles. The van der Waals surface area contributed by atoms with Gasteiger partial charge in [0.15, 0.2) is 0 Å². The molecule has 2 amide bonds. The monoisotopic (exact) mass is 540 g/mol. The van der Waals surface area contributed by atoms with Gasteiger partial charge < -0.3 is 10.2 Å². The van der Waals surface area contributed by atoms with Gasteiger partial charge in [0.25, 0.3) is 0 Å². The van der Waals surface area contributed by atoms with Crippen LogP contribution < -0.4 is 0 Å². The van der Waals surface area contributed by atoms with Gasteiger partial charge in [0.05, 0.1) is 0 Å². The minimum atomic E-state index is -1.34. The molecule has 0 aromatic carbocycles. The lowest BCUT2D eigenvalue weighted by Gasteiger charge is -2.39. The van der Waals surface area contributed by atoms with E-state index >= 15 is 0 Å². The zero-order valence-electron chi connectivity index (χ0n) is 24.7. The van der Waals surface area contributed by atoms with Gasteiger partial charge in [-0.05, 0) is 26.7 Å². The minimum absolute atomic E-state index is 0.0849. The number of rotatable bonds is 24. The van der Waals surface area contributed by atoms with E-state index in [0.717, 1.165) is 48.5 Å². The molecule has 2 N–H and O–H groups in total. The van der Waals surface area contributed by atoms with Crippen LogP contribution >= 0.6 is 0 Å². The summed E-state index contributed by atoms with van der Waals surface area (Å²) < 4.78 is 0. The molecule has 2 atom stereocenters. The summed E-state index contributed by atoms with van der Waals surface area (Å²) in [5.41, 5.74) is 0. The van der Waals surface area contributed by atoms with Crippen LogP contribution in [0.4, 0.5) is 0 Å². The molecule has 222 valence electrons. The van der Waals surface area contributed by atoms with Crippen LogP contribution in [0, 0.1) is 0 Å². The maximum atomic E-state index is 13.2. The molecule has 0 bridgehead atoms. The first-order valence-corrected chi connectivity index (χ1v) is 15.3. The fraction of sp³-hybridized carbons (Fsp3) is 0.867. The van der Waals surface area contributed by atoms with Crippen molar-refractivity contribution < 1.29 is 29.4 Å². The Kier molecular flexibility index (Phi) is 21.6. The van der Waals surface area contributed by atoms with Crippen molar-refractivity contribution in [3.63, 3.8) is 0 Å². The van der Waals surface area contributed by atoms with E-state index in [4.69, 9.17) is 0 Å². The van der Waals surface area contributed by atoms with Gasteiger partial charge in [-0.3, -0.25) is 9.59 Å². The molecule has 8 heteroatoms. The smallest absolute Gasteiger partial charge is 0.328 e. The maximum Gasteiger partial charge on any atom is 0.328 e. The van der Waals surface area contributed by atoms with Gasteiger partial charge in [-0.1, -0.05) is 117 Å². The molecule has 0 aliphatic rings. The molecular formula is C30H56N2O6. The highest BCUT2D eigenvalue weighted by Crippen LogP contribution is 2.19. The van der Waals surface area contributed by atoms with Crippen LogP contribution in [0.5, 0.6) is 0 Å². The van der Waals surface area contributed by atoms with Gasteiger partial charge in [-0.25, -0.2) is 19.6 Å². The number of carboxylic acids is 2. The predicted octanol–water partition coefficient (Wildman–Crippen LogP) is 7.35. The third-order valence-electron chi connectivity index (χ3n) is 7.18. The van der Waals surface area contributed by atoms with Crippen molar-refractivity contribution in [3.8, 4) is 0 Å². The predicted molar refractivity (Wildman–Crippen MR) is 152 cm³/mol. The molecule has 0 radical (unpaired) electrons. The number of unbranched alkanes of at least 4 members (excludes halogenated alkanes) is 16. The molecule has 8 nitrogen and oxygen atoms in total. The minimum Gasteiger partial charge on any atom is -0.480 e. The Morgan fingerprint density at radius 2 is 0.711 bits per heavy atom.